The molecule has 0 saturated carbocycles. The Balaban J connectivity index is 0.00000233. The molecule has 0 saturated heterocycles. The highest BCUT2D eigenvalue weighted by molar-refractivity contribution is 5.94. The lowest BCUT2D eigenvalue weighted by Crippen LogP contribution is -2.10. The fourth-order valence-corrected chi connectivity index (χ4v) is 2.34. The van der Waals surface area contributed by atoms with E-state index in [0.29, 0.717) is 6.07 Å². The zero-order valence-electron chi connectivity index (χ0n) is 16.3. The van der Waals surface area contributed by atoms with Gasteiger partial charge in [-0.1, -0.05) is 0 Å². The number of carbonyl (C=O) groups excluding carboxylic acids is 1. The van der Waals surface area contributed by atoms with Gasteiger partial charge in [-0.3, -0.25) is 4.79 Å². The minimum Gasteiger partial charge on any atom is -0.488 e. The number of carboxylic acids is 1. The third kappa shape index (κ3) is 5.98. The molecule has 0 aliphatic carbocycles. The van der Waals surface area contributed by atoms with Gasteiger partial charge in [-0.2, -0.15) is 0 Å². The molecule has 0 aromatic heterocycles. The molecule has 0 spiro atoms. The number of anilines is 2. The Bertz CT molecular complexity index is 956. The van der Waals surface area contributed by atoms with E-state index in [0.717, 1.165) is 13.2 Å². The number of ether oxygens (including phenoxy) is 2. The lowest BCUT2D eigenvalue weighted by atomic mass is 10.1. The van der Waals surface area contributed by atoms with Crippen molar-refractivity contribution in [3.05, 3.63) is 46.5 Å². The van der Waals surface area contributed by atoms with Crippen LogP contribution in [-0.2, 0) is 0 Å². The molecule has 0 atom stereocenters. The number of rotatable bonds is 9. The Morgan fingerprint density at radius 2 is 1.39 bits per heavy atom. The number of benzene rings is 2. The first-order chi connectivity index (χ1) is 14.7. The molecule has 6 N–H and O–H groups in total. The van der Waals surface area contributed by atoms with Gasteiger partial charge in [0, 0.05) is 12.7 Å². The molecule has 0 bridgehead atoms. The van der Waals surface area contributed by atoms with Crippen molar-refractivity contribution in [2.75, 3.05) is 31.8 Å². The maximum Gasteiger partial charge on any atom is 0.338 e. The van der Waals surface area contributed by atoms with Crippen LogP contribution in [0.5, 0.6) is 11.5 Å². The number of unbranched alkanes of at least 4 members (excludes halogenated alkanes) is 1. The van der Waals surface area contributed by atoms with Gasteiger partial charge in [0.05, 0.1) is 30.2 Å². The van der Waals surface area contributed by atoms with Crippen LogP contribution >= 0.6 is 0 Å². The molecule has 0 heterocycles. The number of aliphatic hydroxyl groups excluding tert-OH is 1. The lowest BCUT2D eigenvalue weighted by molar-refractivity contribution is 0.0696. The van der Waals surface area contributed by atoms with Crippen molar-refractivity contribution in [3.8, 4) is 11.5 Å². The highest BCUT2D eigenvalue weighted by atomic mass is 19.1. The van der Waals surface area contributed by atoms with Crippen molar-refractivity contribution in [3.63, 3.8) is 0 Å². The van der Waals surface area contributed by atoms with Gasteiger partial charge in [0.2, 0.25) is 0 Å². The summed E-state index contributed by atoms with van der Waals surface area (Å²) in [5, 5.41) is 15.8. The van der Waals surface area contributed by atoms with Gasteiger partial charge in [0.15, 0.2) is 41.1 Å². The number of aldehydes is 1. The first-order valence-corrected chi connectivity index (χ1v) is 8.62. The zero-order chi connectivity index (χ0) is 23.7. The Hall–Kier alpha value is -3.54. The summed E-state index contributed by atoms with van der Waals surface area (Å²) in [4.78, 5) is 21.5. The average Bonchev–Trinajstić information content (AvgIpc) is 2.75. The maximum atomic E-state index is 14.0. The van der Waals surface area contributed by atoms with Crippen LogP contribution in [-0.4, -0.2) is 42.8 Å². The molecule has 2 aromatic rings. The van der Waals surface area contributed by atoms with E-state index in [1.54, 1.807) is 0 Å². The molecule has 8 nitrogen and oxygen atoms in total. The van der Waals surface area contributed by atoms with Gasteiger partial charge >= 0.3 is 5.97 Å². The summed E-state index contributed by atoms with van der Waals surface area (Å²) in [6.07, 6.45) is 0.557. The van der Waals surface area contributed by atoms with E-state index >= 15 is 0 Å². The summed E-state index contributed by atoms with van der Waals surface area (Å²) >= 11 is 0. The van der Waals surface area contributed by atoms with E-state index in [-0.39, 0.29) is 37.9 Å². The van der Waals surface area contributed by atoms with Crippen molar-refractivity contribution in [2.45, 2.75) is 12.8 Å². The van der Waals surface area contributed by atoms with Crippen LogP contribution in [0.2, 0.25) is 0 Å². The Morgan fingerprint density at radius 1 is 0.935 bits per heavy atom. The second-order valence-corrected chi connectivity index (χ2v) is 5.79. The quantitative estimate of drug-likeness (QED) is 0.198. The molecule has 0 radical (unpaired) electrons. The van der Waals surface area contributed by atoms with Crippen LogP contribution in [0.3, 0.4) is 0 Å². The highest BCUT2D eigenvalue weighted by Crippen LogP contribution is 2.30. The molecule has 0 fully saturated rings. The number of hydrogen-bond donors (Lipinski definition) is 4. The van der Waals surface area contributed by atoms with E-state index in [9.17, 15) is 27.2 Å². The third-order valence-electron chi connectivity index (χ3n) is 3.85. The van der Waals surface area contributed by atoms with E-state index in [2.05, 4.69) is 0 Å². The molecular formula is C19H20F4N2O6. The SMILES string of the molecule is CO.Nc1c(C=O)cc(F)c(OCCCCOc2c(F)cc(C(=O)O)c(N)c2F)c1F. The number of nitrogen functional groups attached to an aromatic ring is 2. The summed E-state index contributed by atoms with van der Waals surface area (Å²) < 4.78 is 65.4. The van der Waals surface area contributed by atoms with Crippen molar-refractivity contribution >= 4 is 23.6 Å². The second-order valence-electron chi connectivity index (χ2n) is 5.79. The smallest absolute Gasteiger partial charge is 0.338 e. The molecule has 0 unspecified atom stereocenters. The topological polar surface area (TPSA) is 145 Å². The minimum atomic E-state index is -1.59. The highest BCUT2D eigenvalue weighted by Gasteiger charge is 2.21. The predicted molar refractivity (Wildman–Crippen MR) is 102 cm³/mol. The standard InChI is InChI=1S/C18H16F4N2O5.CH4O/c19-10-5-8(7-25)14(23)12(21)16(10)28-3-1-2-4-29-17-11(20)6-9(18(26)27)15(24)13(17)22;1-2/h5-7H,1-4,23-24H2,(H,26,27);2H,1H3. The molecule has 31 heavy (non-hydrogen) atoms. The monoisotopic (exact) mass is 448 g/mol. The van der Waals surface area contributed by atoms with Gasteiger partial charge < -0.3 is 31.2 Å². The third-order valence-corrected chi connectivity index (χ3v) is 3.85. The maximum absolute atomic E-state index is 14.0. The fraction of sp³-hybridized carbons (Fsp3) is 0.263. The number of carbonyl (C=O) groups is 2. The van der Waals surface area contributed by atoms with Crippen molar-refractivity contribution in [2.24, 2.45) is 0 Å². The number of aromatic carboxylic acids is 1. The first kappa shape index (κ1) is 25.5. The summed E-state index contributed by atoms with van der Waals surface area (Å²) in [6.45, 7) is -0.387. The Morgan fingerprint density at radius 3 is 1.84 bits per heavy atom. The summed E-state index contributed by atoms with van der Waals surface area (Å²) in [6, 6.07) is 1.28. The lowest BCUT2D eigenvalue weighted by Gasteiger charge is -2.12. The van der Waals surface area contributed by atoms with Gasteiger partial charge in [0.1, 0.15) is 0 Å². The Labute approximate surface area is 174 Å². The average molecular weight is 448 g/mol. The van der Waals surface area contributed by atoms with Crippen molar-refractivity contribution in [1.29, 1.82) is 0 Å². The van der Waals surface area contributed by atoms with E-state index in [4.69, 9.17) is 31.2 Å². The van der Waals surface area contributed by atoms with Gasteiger partial charge in [-0.25, -0.2) is 22.4 Å². The van der Waals surface area contributed by atoms with Gasteiger partial charge in [-0.15, -0.1) is 0 Å². The molecular weight excluding hydrogens is 428 g/mol. The number of aliphatic hydroxyl groups is 1. The van der Waals surface area contributed by atoms with E-state index < -0.39 is 57.7 Å². The predicted octanol–water partition coefficient (Wildman–Crippen LogP) is 2.76. The number of halogens is 4. The van der Waals surface area contributed by atoms with Gasteiger partial charge in [0.25, 0.3) is 0 Å². The number of nitrogens with two attached hydrogens (primary N) is 2. The second kappa shape index (κ2) is 11.6. The number of carboxylic acid groups (broad SMARTS) is 1. The van der Waals surface area contributed by atoms with E-state index in [1.807, 2.05) is 0 Å². The molecule has 0 amide bonds. The molecule has 2 rings (SSSR count). The van der Waals surface area contributed by atoms with Crippen LogP contribution in [0.15, 0.2) is 12.1 Å². The molecule has 0 aliphatic heterocycles. The normalized spacial score (nSPS) is 10.1. The first-order valence-electron chi connectivity index (χ1n) is 8.62. The van der Waals surface area contributed by atoms with Crippen LogP contribution in [0.1, 0.15) is 33.6 Å². The minimum absolute atomic E-state index is 0.171. The summed E-state index contributed by atoms with van der Waals surface area (Å²) in [5.41, 5.74) is 8.27. The largest absolute Gasteiger partial charge is 0.488 e. The zero-order valence-corrected chi connectivity index (χ0v) is 16.3. The van der Waals surface area contributed by atoms with Crippen LogP contribution in [0, 0.1) is 23.3 Å². The fourth-order valence-electron chi connectivity index (χ4n) is 2.34. The molecule has 170 valence electrons. The summed E-state index contributed by atoms with van der Waals surface area (Å²) in [5.74, 6) is -8.06. The summed E-state index contributed by atoms with van der Waals surface area (Å²) in [7, 11) is 1.00. The van der Waals surface area contributed by atoms with E-state index in [1.165, 1.54) is 0 Å². The Kier molecular flexibility index (Phi) is 9.54. The molecule has 0 aliphatic rings. The van der Waals surface area contributed by atoms with Crippen molar-refractivity contribution < 1.29 is 46.8 Å². The van der Waals surface area contributed by atoms with Crippen LogP contribution in [0.25, 0.3) is 0 Å². The van der Waals surface area contributed by atoms with Crippen LogP contribution in [0.4, 0.5) is 28.9 Å². The molecule has 12 heteroatoms. The van der Waals surface area contributed by atoms with Gasteiger partial charge in [-0.05, 0) is 25.0 Å². The molecule has 2 aromatic carbocycles. The van der Waals surface area contributed by atoms with Crippen LogP contribution < -0.4 is 20.9 Å². The van der Waals surface area contributed by atoms with Crippen molar-refractivity contribution in [1.82, 2.24) is 0 Å². The number of hydrogen-bond acceptors (Lipinski definition) is 7.